The third-order valence-corrected chi connectivity index (χ3v) is 3.62. The fraction of sp³-hybridized carbons (Fsp3) is 0.429. The molecule has 2 N–H and O–H groups in total. The summed E-state index contributed by atoms with van der Waals surface area (Å²) in [5.74, 6) is -0.138. The molecular formula is C14H19BrN2O4. The van der Waals surface area contributed by atoms with Crippen LogP contribution in [0.25, 0.3) is 0 Å². The van der Waals surface area contributed by atoms with Gasteiger partial charge in [0.15, 0.2) is 0 Å². The number of nitrogens with zero attached hydrogens (tertiary/aromatic N) is 1. The second-order valence-corrected chi connectivity index (χ2v) is 5.40. The van der Waals surface area contributed by atoms with Gasteiger partial charge in [0.25, 0.3) is 0 Å². The Morgan fingerprint density at radius 1 is 1.43 bits per heavy atom. The number of hydrogen-bond acceptors (Lipinski definition) is 3. The molecule has 0 bridgehead atoms. The Morgan fingerprint density at radius 3 is 2.76 bits per heavy atom. The third kappa shape index (κ3) is 6.03. The fourth-order valence-corrected chi connectivity index (χ4v) is 2.07. The average Bonchev–Trinajstić information content (AvgIpc) is 2.45. The number of carbonyl (C=O) groups excluding carboxylic acids is 1. The molecule has 116 valence electrons. The number of aliphatic carboxylic acids is 1. The number of carbonyl (C=O) groups is 2. The van der Waals surface area contributed by atoms with Crippen LogP contribution in [-0.2, 0) is 11.3 Å². The predicted molar refractivity (Wildman–Crippen MR) is 82.4 cm³/mol. The fourth-order valence-electron chi connectivity index (χ4n) is 1.70. The van der Waals surface area contributed by atoms with Crippen LogP contribution in [0.2, 0.25) is 0 Å². The molecule has 1 aromatic carbocycles. The second kappa shape index (κ2) is 8.51. The lowest BCUT2D eigenvalue weighted by molar-refractivity contribution is -0.137. The summed E-state index contributed by atoms with van der Waals surface area (Å²) < 4.78 is 6.06. The SMILES string of the molecule is COc1ccc(Br)c(CN(C)C(=O)NCCCC(=O)O)c1. The van der Waals surface area contributed by atoms with Crippen molar-refractivity contribution in [2.75, 3.05) is 20.7 Å². The number of benzene rings is 1. The van der Waals surface area contributed by atoms with E-state index in [0.717, 1.165) is 15.8 Å². The first-order valence-corrected chi connectivity index (χ1v) is 7.26. The Balaban J connectivity index is 2.50. The van der Waals surface area contributed by atoms with E-state index in [0.29, 0.717) is 19.5 Å². The third-order valence-electron chi connectivity index (χ3n) is 2.85. The number of ether oxygens (including phenoxy) is 1. The van der Waals surface area contributed by atoms with Crippen molar-refractivity contribution in [1.29, 1.82) is 0 Å². The summed E-state index contributed by atoms with van der Waals surface area (Å²) >= 11 is 3.44. The van der Waals surface area contributed by atoms with E-state index in [1.165, 1.54) is 4.90 Å². The number of urea groups is 1. The summed E-state index contributed by atoms with van der Waals surface area (Å²) in [6.45, 7) is 0.761. The van der Waals surface area contributed by atoms with Crippen molar-refractivity contribution < 1.29 is 19.4 Å². The largest absolute Gasteiger partial charge is 0.497 e. The first kappa shape index (κ1) is 17.3. The van der Waals surface area contributed by atoms with Gasteiger partial charge >= 0.3 is 12.0 Å². The molecule has 0 atom stereocenters. The highest BCUT2D eigenvalue weighted by molar-refractivity contribution is 9.10. The van der Waals surface area contributed by atoms with Gasteiger partial charge in [0.1, 0.15) is 5.75 Å². The monoisotopic (exact) mass is 358 g/mol. The Labute approximate surface area is 132 Å². The summed E-state index contributed by atoms with van der Waals surface area (Å²) in [6.07, 6.45) is 0.462. The summed E-state index contributed by atoms with van der Waals surface area (Å²) in [5, 5.41) is 11.2. The van der Waals surface area contributed by atoms with Crippen LogP contribution in [0, 0.1) is 0 Å². The summed E-state index contributed by atoms with van der Waals surface area (Å²) in [7, 11) is 3.27. The molecule has 0 saturated heterocycles. The summed E-state index contributed by atoms with van der Waals surface area (Å²) in [4.78, 5) is 23.8. The minimum atomic E-state index is -0.863. The highest BCUT2D eigenvalue weighted by Gasteiger charge is 2.11. The second-order valence-electron chi connectivity index (χ2n) is 4.54. The lowest BCUT2D eigenvalue weighted by Crippen LogP contribution is -2.37. The molecule has 0 aliphatic heterocycles. The zero-order valence-electron chi connectivity index (χ0n) is 12.1. The number of hydrogen-bond donors (Lipinski definition) is 2. The number of carboxylic acid groups (broad SMARTS) is 1. The van der Waals surface area contributed by atoms with E-state index in [1.807, 2.05) is 18.2 Å². The molecule has 1 rings (SSSR count). The minimum Gasteiger partial charge on any atom is -0.497 e. The van der Waals surface area contributed by atoms with Crippen LogP contribution in [0.5, 0.6) is 5.75 Å². The van der Waals surface area contributed by atoms with Crippen LogP contribution in [0.3, 0.4) is 0 Å². The molecule has 0 saturated carbocycles. The van der Waals surface area contributed by atoms with Gasteiger partial charge in [0, 0.05) is 31.0 Å². The van der Waals surface area contributed by atoms with Gasteiger partial charge in [-0.3, -0.25) is 4.79 Å². The van der Waals surface area contributed by atoms with Crippen LogP contribution in [0.15, 0.2) is 22.7 Å². The van der Waals surface area contributed by atoms with Crippen LogP contribution >= 0.6 is 15.9 Å². The van der Waals surface area contributed by atoms with Gasteiger partial charge < -0.3 is 20.1 Å². The van der Waals surface area contributed by atoms with Crippen molar-refractivity contribution in [1.82, 2.24) is 10.2 Å². The summed E-state index contributed by atoms with van der Waals surface area (Å²) in [6, 6.07) is 5.32. The molecule has 0 heterocycles. The quantitative estimate of drug-likeness (QED) is 0.733. The molecule has 0 aliphatic carbocycles. The van der Waals surface area contributed by atoms with Gasteiger partial charge in [-0.1, -0.05) is 15.9 Å². The Morgan fingerprint density at radius 2 is 2.14 bits per heavy atom. The lowest BCUT2D eigenvalue weighted by Gasteiger charge is -2.19. The van der Waals surface area contributed by atoms with Crippen LogP contribution < -0.4 is 10.1 Å². The van der Waals surface area contributed by atoms with Crippen molar-refractivity contribution >= 4 is 27.9 Å². The molecule has 6 nitrogen and oxygen atoms in total. The van der Waals surface area contributed by atoms with E-state index < -0.39 is 5.97 Å². The molecule has 0 fully saturated rings. The Kier molecular flexibility index (Phi) is 7.01. The van der Waals surface area contributed by atoms with Crippen molar-refractivity contribution in [2.45, 2.75) is 19.4 Å². The van der Waals surface area contributed by atoms with E-state index in [4.69, 9.17) is 9.84 Å². The number of nitrogens with one attached hydrogen (secondary N) is 1. The molecule has 0 radical (unpaired) electrons. The summed E-state index contributed by atoms with van der Waals surface area (Å²) in [5.41, 5.74) is 0.928. The van der Waals surface area contributed by atoms with Gasteiger partial charge in [-0.2, -0.15) is 0 Å². The molecule has 0 aromatic heterocycles. The van der Waals surface area contributed by atoms with Crippen LogP contribution in [-0.4, -0.2) is 42.7 Å². The van der Waals surface area contributed by atoms with Crippen molar-refractivity contribution in [3.8, 4) is 5.75 Å². The number of amides is 2. The highest BCUT2D eigenvalue weighted by Crippen LogP contribution is 2.23. The smallest absolute Gasteiger partial charge is 0.317 e. The molecule has 0 spiro atoms. The molecule has 2 amide bonds. The molecule has 1 aromatic rings. The molecule has 0 aliphatic rings. The highest BCUT2D eigenvalue weighted by atomic mass is 79.9. The van der Waals surface area contributed by atoms with Gasteiger partial charge in [0.2, 0.25) is 0 Å². The number of carboxylic acids is 1. The molecule has 7 heteroatoms. The van der Waals surface area contributed by atoms with Gasteiger partial charge in [0.05, 0.1) is 7.11 Å². The number of methoxy groups -OCH3 is 1. The minimum absolute atomic E-state index is 0.0471. The zero-order valence-corrected chi connectivity index (χ0v) is 13.6. The van der Waals surface area contributed by atoms with E-state index in [-0.39, 0.29) is 12.5 Å². The topological polar surface area (TPSA) is 78.9 Å². The number of halogens is 1. The van der Waals surface area contributed by atoms with E-state index in [9.17, 15) is 9.59 Å². The first-order valence-electron chi connectivity index (χ1n) is 6.47. The van der Waals surface area contributed by atoms with Gasteiger partial charge in [-0.25, -0.2) is 4.79 Å². The maximum absolute atomic E-state index is 11.9. The standard InChI is InChI=1S/C14H19BrN2O4/c1-17(14(20)16-7-3-4-13(18)19)9-10-8-11(21-2)5-6-12(10)15/h5-6,8H,3-4,7,9H2,1-2H3,(H,16,20)(H,18,19). The van der Waals surface area contributed by atoms with Gasteiger partial charge in [-0.15, -0.1) is 0 Å². The Bertz CT molecular complexity index is 508. The lowest BCUT2D eigenvalue weighted by atomic mass is 10.2. The van der Waals surface area contributed by atoms with E-state index in [2.05, 4.69) is 21.2 Å². The number of rotatable bonds is 7. The van der Waals surface area contributed by atoms with Crippen LogP contribution in [0.1, 0.15) is 18.4 Å². The normalized spacial score (nSPS) is 10.0. The van der Waals surface area contributed by atoms with Crippen molar-refractivity contribution in [3.05, 3.63) is 28.2 Å². The molecule has 0 unspecified atom stereocenters. The Hall–Kier alpha value is -1.76. The van der Waals surface area contributed by atoms with Crippen molar-refractivity contribution in [2.24, 2.45) is 0 Å². The predicted octanol–water partition coefficient (Wildman–Crippen LogP) is 2.46. The molecular weight excluding hydrogens is 340 g/mol. The maximum Gasteiger partial charge on any atom is 0.317 e. The van der Waals surface area contributed by atoms with Crippen molar-refractivity contribution in [3.63, 3.8) is 0 Å². The molecule has 21 heavy (non-hydrogen) atoms. The van der Waals surface area contributed by atoms with E-state index in [1.54, 1.807) is 14.2 Å². The maximum atomic E-state index is 11.9. The zero-order chi connectivity index (χ0) is 15.8. The average molecular weight is 359 g/mol. The van der Waals surface area contributed by atoms with Gasteiger partial charge in [-0.05, 0) is 30.2 Å². The van der Waals surface area contributed by atoms with E-state index >= 15 is 0 Å². The first-order chi connectivity index (χ1) is 9.93. The van der Waals surface area contributed by atoms with Crippen LogP contribution in [0.4, 0.5) is 4.79 Å².